The van der Waals surface area contributed by atoms with Crippen LogP contribution >= 0.6 is 0 Å². The van der Waals surface area contributed by atoms with Crippen molar-refractivity contribution in [3.8, 4) is 0 Å². The monoisotopic (exact) mass is 342 g/mol. The molecule has 0 fully saturated rings. The summed E-state index contributed by atoms with van der Waals surface area (Å²) in [6.45, 7) is 6.76. The molecule has 0 unspecified atom stereocenters. The van der Waals surface area contributed by atoms with Crippen molar-refractivity contribution < 1.29 is 0 Å². The molecule has 1 heteroatoms. The van der Waals surface area contributed by atoms with Crippen LogP contribution in [0.2, 0.25) is 0 Å². The normalized spacial score (nSPS) is 10.5. The van der Waals surface area contributed by atoms with Crippen molar-refractivity contribution in [3.63, 3.8) is 0 Å². The number of hydrogen-bond acceptors (Lipinski definition) is 0. The second-order valence-electron chi connectivity index (χ2n) is 6.00. The zero-order valence-electron chi connectivity index (χ0n) is 13.5. The minimum atomic E-state index is -2.03. The van der Waals surface area contributed by atoms with Gasteiger partial charge in [0.1, 0.15) is 0 Å². The predicted molar refractivity (Wildman–Crippen MR) is 98.2 cm³/mol. The van der Waals surface area contributed by atoms with Crippen LogP contribution in [0, 0.1) is 20.8 Å². The Bertz CT molecular complexity index is 681. The first kappa shape index (κ1) is 15.2. The molecule has 0 amide bonds. The molecule has 0 saturated heterocycles. The van der Waals surface area contributed by atoms with Gasteiger partial charge in [0.2, 0.25) is 0 Å². The fourth-order valence-corrected chi connectivity index (χ4v) is 10.7. The van der Waals surface area contributed by atoms with E-state index in [9.17, 15) is 0 Å². The van der Waals surface area contributed by atoms with E-state index in [2.05, 4.69) is 93.6 Å². The van der Waals surface area contributed by atoms with Crippen LogP contribution in [0.3, 0.4) is 0 Å². The molecule has 0 spiro atoms. The minimum absolute atomic E-state index is 1.43. The van der Waals surface area contributed by atoms with E-state index >= 15 is 0 Å². The van der Waals surface area contributed by atoms with Gasteiger partial charge in [-0.05, 0) is 0 Å². The van der Waals surface area contributed by atoms with E-state index in [1.807, 2.05) is 0 Å². The Morgan fingerprint density at radius 3 is 1.00 bits per heavy atom. The summed E-state index contributed by atoms with van der Waals surface area (Å²) in [5, 5.41) is 0. The molecule has 0 nitrogen and oxygen atoms in total. The molecule has 0 aliphatic heterocycles. The van der Waals surface area contributed by atoms with Gasteiger partial charge in [-0.3, -0.25) is 0 Å². The topological polar surface area (TPSA) is 0 Å². The summed E-state index contributed by atoms with van der Waals surface area (Å²) in [6.07, 6.45) is 0. The van der Waals surface area contributed by atoms with Gasteiger partial charge >= 0.3 is 139 Å². The Balaban J connectivity index is 2.27. The molecule has 0 heterocycles. The summed E-state index contributed by atoms with van der Waals surface area (Å²) < 4.78 is 4.75. The van der Waals surface area contributed by atoms with Gasteiger partial charge < -0.3 is 0 Å². The van der Waals surface area contributed by atoms with Crippen molar-refractivity contribution in [3.05, 3.63) is 89.5 Å². The van der Waals surface area contributed by atoms with Crippen molar-refractivity contribution in [1.29, 1.82) is 0 Å². The molecular weight excluding hydrogens is 322 g/mol. The van der Waals surface area contributed by atoms with Crippen molar-refractivity contribution in [2.24, 2.45) is 0 Å². The van der Waals surface area contributed by atoms with Crippen molar-refractivity contribution in [2.45, 2.75) is 20.8 Å². The molecule has 0 aliphatic rings. The second-order valence-corrected chi connectivity index (χ2v) is 11.7. The van der Waals surface area contributed by atoms with E-state index in [1.54, 1.807) is 12.4 Å². The Morgan fingerprint density at radius 1 is 0.455 bits per heavy atom. The third kappa shape index (κ3) is 2.92. The van der Waals surface area contributed by atoms with Crippen LogP contribution in [0.15, 0.2) is 72.8 Å². The van der Waals surface area contributed by atoms with Gasteiger partial charge in [-0.2, -0.15) is 0 Å². The molecular formula is C21H21Ga. The quantitative estimate of drug-likeness (QED) is 0.641. The van der Waals surface area contributed by atoms with Crippen LogP contribution in [0.5, 0.6) is 0 Å². The summed E-state index contributed by atoms with van der Waals surface area (Å²) in [5.74, 6) is 0. The molecule has 22 heavy (non-hydrogen) atoms. The van der Waals surface area contributed by atoms with E-state index in [1.165, 1.54) is 16.7 Å². The number of hydrogen-bond donors (Lipinski definition) is 0. The maximum absolute atomic E-state index is 2.35. The molecule has 0 bridgehead atoms. The van der Waals surface area contributed by atoms with Gasteiger partial charge in [0.15, 0.2) is 0 Å². The first-order valence-electron chi connectivity index (χ1n) is 7.85. The first-order valence-corrected chi connectivity index (χ1v) is 11.5. The second kappa shape index (κ2) is 6.60. The van der Waals surface area contributed by atoms with Crippen LogP contribution in [0.1, 0.15) is 16.7 Å². The fraction of sp³-hybridized carbons (Fsp3) is 0.143. The third-order valence-electron chi connectivity index (χ3n) is 4.50. The summed E-state index contributed by atoms with van der Waals surface area (Å²) in [6, 6.07) is 26.8. The van der Waals surface area contributed by atoms with Gasteiger partial charge in [-0.15, -0.1) is 0 Å². The molecule has 0 aromatic heterocycles. The van der Waals surface area contributed by atoms with Crippen molar-refractivity contribution in [2.75, 3.05) is 0 Å². The van der Waals surface area contributed by atoms with Crippen LogP contribution in [0.4, 0.5) is 0 Å². The predicted octanol–water partition coefficient (Wildman–Crippen LogP) is 3.13. The van der Waals surface area contributed by atoms with E-state index in [4.69, 9.17) is 0 Å². The zero-order chi connectivity index (χ0) is 15.5. The molecule has 3 aromatic carbocycles. The summed E-state index contributed by atoms with van der Waals surface area (Å²) in [7, 11) is 0. The molecule has 0 atom stereocenters. The Labute approximate surface area is 138 Å². The number of rotatable bonds is 3. The van der Waals surface area contributed by atoms with Gasteiger partial charge in [-0.25, -0.2) is 0 Å². The van der Waals surface area contributed by atoms with Gasteiger partial charge in [0.25, 0.3) is 0 Å². The van der Waals surface area contributed by atoms with Gasteiger partial charge in [-0.1, -0.05) is 0 Å². The van der Waals surface area contributed by atoms with E-state index in [0.29, 0.717) is 0 Å². The van der Waals surface area contributed by atoms with E-state index in [0.717, 1.165) is 0 Å². The zero-order valence-corrected chi connectivity index (χ0v) is 15.9. The Kier molecular flexibility index (Phi) is 4.56. The summed E-state index contributed by atoms with van der Waals surface area (Å²) >= 11 is -2.03. The molecule has 3 rings (SSSR count). The first-order chi connectivity index (χ1) is 10.7. The van der Waals surface area contributed by atoms with Crippen LogP contribution < -0.4 is 12.4 Å². The van der Waals surface area contributed by atoms with Gasteiger partial charge in [0, 0.05) is 0 Å². The van der Waals surface area contributed by atoms with Crippen molar-refractivity contribution in [1.82, 2.24) is 0 Å². The molecule has 0 N–H and O–H groups in total. The Morgan fingerprint density at radius 2 is 0.727 bits per heavy atom. The third-order valence-corrected chi connectivity index (χ3v) is 12.5. The number of aryl methyl sites for hydroxylation is 3. The molecule has 0 saturated carbocycles. The summed E-state index contributed by atoms with van der Waals surface area (Å²) in [5.41, 5.74) is 4.29. The Hall–Kier alpha value is -1.70. The summed E-state index contributed by atoms with van der Waals surface area (Å²) in [4.78, 5) is 0. The average Bonchev–Trinajstić information content (AvgIpc) is 2.53. The fourth-order valence-electron chi connectivity index (χ4n) is 3.23. The standard InChI is InChI=1S/3C7H7.Ga/c3*1-7-5-3-2-4-6-7;/h3*2-5H,1H3;. The van der Waals surface area contributed by atoms with Crippen LogP contribution in [-0.4, -0.2) is 16.2 Å². The SMILES string of the molecule is Cc1cccc[c]1[Ga]([c]1ccccc1C)[c]1ccccc1C. The van der Waals surface area contributed by atoms with Crippen LogP contribution in [0.25, 0.3) is 0 Å². The van der Waals surface area contributed by atoms with E-state index < -0.39 is 16.2 Å². The number of benzene rings is 3. The van der Waals surface area contributed by atoms with Crippen LogP contribution in [-0.2, 0) is 0 Å². The maximum atomic E-state index is 2.35. The average molecular weight is 343 g/mol. The van der Waals surface area contributed by atoms with E-state index in [-0.39, 0.29) is 0 Å². The molecule has 0 radical (unpaired) electrons. The van der Waals surface area contributed by atoms with Gasteiger partial charge in [0.05, 0.1) is 0 Å². The van der Waals surface area contributed by atoms with Crippen molar-refractivity contribution >= 4 is 28.6 Å². The molecule has 108 valence electrons. The molecule has 0 aliphatic carbocycles. The molecule has 3 aromatic rings.